The smallest absolute Gasteiger partial charge is 0.225 e. The summed E-state index contributed by atoms with van der Waals surface area (Å²) in [6.07, 6.45) is 1.70. The van der Waals surface area contributed by atoms with Gasteiger partial charge in [-0.05, 0) is 36.4 Å². The van der Waals surface area contributed by atoms with Crippen molar-refractivity contribution in [2.45, 2.75) is 13.5 Å². The van der Waals surface area contributed by atoms with Gasteiger partial charge in [-0.1, -0.05) is 0 Å². The summed E-state index contributed by atoms with van der Waals surface area (Å²) >= 11 is 0. The molecule has 2 rings (SSSR count). The molecule has 0 aliphatic rings. The topological polar surface area (TPSA) is 78.6 Å². The van der Waals surface area contributed by atoms with Crippen LogP contribution in [0.25, 0.3) is 0 Å². The van der Waals surface area contributed by atoms with E-state index in [-0.39, 0.29) is 0 Å². The molecule has 0 unspecified atom stereocenters. The largest absolute Gasteiger partial charge is 0.497 e. The number of hydrogen-bond acceptors (Lipinski definition) is 4. The minimum Gasteiger partial charge on any atom is -0.497 e. The van der Waals surface area contributed by atoms with Gasteiger partial charge in [-0.3, -0.25) is 0 Å². The van der Waals surface area contributed by atoms with E-state index >= 15 is 0 Å². The fraction of sp³-hybridized carbons (Fsp3) is 0.308. The highest BCUT2D eigenvalue weighted by molar-refractivity contribution is 5.35. The number of methoxy groups -OCH3 is 1. The van der Waals surface area contributed by atoms with Crippen LogP contribution in [0.1, 0.15) is 11.3 Å². The van der Waals surface area contributed by atoms with Crippen LogP contribution in [0.5, 0.6) is 5.75 Å². The first-order valence-electron chi connectivity index (χ1n) is 5.73. The van der Waals surface area contributed by atoms with Crippen molar-refractivity contribution < 1.29 is 14.5 Å². The van der Waals surface area contributed by atoms with Crippen LogP contribution < -0.4 is 9.42 Å². The van der Waals surface area contributed by atoms with Crippen LogP contribution in [0.2, 0.25) is 0 Å². The molecule has 1 aromatic heterocycles. The van der Waals surface area contributed by atoms with Gasteiger partial charge in [0.05, 0.1) is 7.11 Å². The SMILES string of the molecule is CO.COc1ccc(C[n+]2cc(N=O)c(C)[nH]2)cc1. The third kappa shape index (κ3) is 3.89. The molecule has 0 aliphatic carbocycles. The summed E-state index contributed by atoms with van der Waals surface area (Å²) in [5.41, 5.74) is 2.33. The number of H-pyrrole nitrogens is 1. The number of aromatic nitrogens is 2. The predicted molar refractivity (Wildman–Crippen MR) is 71.4 cm³/mol. The summed E-state index contributed by atoms with van der Waals surface area (Å²) < 4.78 is 6.92. The number of aliphatic hydroxyl groups excluding tert-OH is 1. The van der Waals surface area contributed by atoms with E-state index in [9.17, 15) is 4.91 Å². The van der Waals surface area contributed by atoms with Crippen molar-refractivity contribution in [3.63, 3.8) is 0 Å². The average molecular weight is 264 g/mol. The highest BCUT2D eigenvalue weighted by atomic mass is 16.5. The van der Waals surface area contributed by atoms with Gasteiger partial charge in [0.25, 0.3) is 0 Å². The summed E-state index contributed by atoms with van der Waals surface area (Å²) in [6.45, 7) is 2.49. The molecule has 102 valence electrons. The Morgan fingerprint density at radius 3 is 2.42 bits per heavy atom. The lowest BCUT2D eigenvalue weighted by molar-refractivity contribution is -0.742. The number of rotatable bonds is 4. The zero-order valence-electron chi connectivity index (χ0n) is 11.3. The normalized spacial score (nSPS) is 9.47. The summed E-state index contributed by atoms with van der Waals surface area (Å²) in [6, 6.07) is 7.78. The van der Waals surface area contributed by atoms with E-state index in [1.165, 1.54) is 0 Å². The first-order valence-corrected chi connectivity index (χ1v) is 5.73. The minimum absolute atomic E-state index is 0.443. The zero-order chi connectivity index (χ0) is 14.3. The molecular formula is C13H18N3O3+. The lowest BCUT2D eigenvalue weighted by atomic mass is 10.2. The highest BCUT2D eigenvalue weighted by Crippen LogP contribution is 2.14. The van der Waals surface area contributed by atoms with Crippen LogP contribution in [0.15, 0.2) is 35.6 Å². The molecular weight excluding hydrogens is 246 g/mol. The number of aliphatic hydroxyl groups is 1. The van der Waals surface area contributed by atoms with E-state index in [4.69, 9.17) is 9.84 Å². The molecule has 0 aliphatic heterocycles. The first kappa shape index (κ1) is 14.8. The Hall–Kier alpha value is -2.21. The second kappa shape index (κ2) is 7.27. The number of ether oxygens (including phenoxy) is 1. The van der Waals surface area contributed by atoms with E-state index in [0.717, 1.165) is 24.1 Å². The Kier molecular flexibility index (Phi) is 5.69. The van der Waals surface area contributed by atoms with Crippen LogP contribution in [0, 0.1) is 11.8 Å². The van der Waals surface area contributed by atoms with Gasteiger partial charge in [0, 0.05) is 12.7 Å². The van der Waals surface area contributed by atoms with Crippen molar-refractivity contribution in [3.05, 3.63) is 46.6 Å². The number of hydrogen-bond donors (Lipinski definition) is 2. The van der Waals surface area contributed by atoms with Gasteiger partial charge in [0.2, 0.25) is 6.20 Å². The third-order valence-corrected chi connectivity index (χ3v) is 2.58. The molecule has 0 fully saturated rings. The van der Waals surface area contributed by atoms with Crippen LogP contribution in [-0.2, 0) is 6.54 Å². The molecule has 0 amide bonds. The van der Waals surface area contributed by atoms with Gasteiger partial charge in [-0.25, -0.2) is 0 Å². The molecule has 0 radical (unpaired) electrons. The minimum atomic E-state index is 0.443. The van der Waals surface area contributed by atoms with Crippen molar-refractivity contribution in [2.75, 3.05) is 14.2 Å². The summed E-state index contributed by atoms with van der Waals surface area (Å²) in [5, 5.41) is 13.0. The van der Waals surface area contributed by atoms with Crippen molar-refractivity contribution in [1.82, 2.24) is 5.10 Å². The van der Waals surface area contributed by atoms with E-state index in [2.05, 4.69) is 10.3 Å². The maximum atomic E-state index is 10.5. The molecule has 0 saturated carbocycles. The predicted octanol–water partition coefficient (Wildman–Crippen LogP) is 1.67. The molecule has 6 heteroatoms. The van der Waals surface area contributed by atoms with Gasteiger partial charge in [-0.15, -0.1) is 9.59 Å². The zero-order valence-corrected chi connectivity index (χ0v) is 11.3. The Balaban J connectivity index is 0.000000861. The number of nitroso groups, excluding NO2 is 1. The van der Waals surface area contributed by atoms with Crippen molar-refractivity contribution in [2.24, 2.45) is 5.18 Å². The second-order valence-corrected chi connectivity index (χ2v) is 3.82. The maximum Gasteiger partial charge on any atom is 0.225 e. The number of aryl methyl sites for hydroxylation is 1. The monoisotopic (exact) mass is 264 g/mol. The van der Waals surface area contributed by atoms with Crippen molar-refractivity contribution >= 4 is 5.69 Å². The number of benzene rings is 1. The number of aromatic amines is 1. The highest BCUT2D eigenvalue weighted by Gasteiger charge is 2.12. The Labute approximate surface area is 111 Å². The molecule has 0 bridgehead atoms. The summed E-state index contributed by atoms with van der Waals surface area (Å²) in [7, 11) is 2.64. The van der Waals surface area contributed by atoms with Crippen molar-refractivity contribution in [3.8, 4) is 5.75 Å². The molecule has 1 heterocycles. The van der Waals surface area contributed by atoms with Crippen LogP contribution in [0.4, 0.5) is 5.69 Å². The van der Waals surface area contributed by atoms with Gasteiger partial charge in [0.15, 0.2) is 12.2 Å². The molecule has 0 saturated heterocycles. The Morgan fingerprint density at radius 1 is 1.32 bits per heavy atom. The van der Waals surface area contributed by atoms with Gasteiger partial charge < -0.3 is 9.84 Å². The number of nitrogens with zero attached hydrogens (tertiary/aromatic N) is 2. The van der Waals surface area contributed by atoms with Gasteiger partial charge in [-0.2, -0.15) is 5.10 Å². The molecule has 19 heavy (non-hydrogen) atoms. The molecule has 6 nitrogen and oxygen atoms in total. The van der Waals surface area contributed by atoms with Crippen molar-refractivity contribution in [1.29, 1.82) is 0 Å². The molecule has 2 aromatic rings. The molecule has 1 aromatic carbocycles. The standard InChI is InChI=1S/C12H13N3O2.CH4O/c1-9-12(14-16)8-15(13-9)7-10-3-5-11(17-2)6-4-10;1-2/h3-6,8H,7H2,1-2H3;2H,1H3/p+1. The summed E-state index contributed by atoms with van der Waals surface area (Å²) in [4.78, 5) is 10.5. The maximum absolute atomic E-state index is 10.5. The molecule has 0 spiro atoms. The van der Waals surface area contributed by atoms with Gasteiger partial charge in [0.1, 0.15) is 11.4 Å². The second-order valence-electron chi connectivity index (χ2n) is 3.82. The quantitative estimate of drug-likeness (QED) is 0.651. The lowest BCUT2D eigenvalue weighted by Crippen LogP contribution is -2.35. The van der Waals surface area contributed by atoms with Gasteiger partial charge >= 0.3 is 0 Å². The fourth-order valence-corrected chi connectivity index (χ4v) is 1.65. The van der Waals surface area contributed by atoms with Crippen LogP contribution >= 0.6 is 0 Å². The van der Waals surface area contributed by atoms with E-state index in [0.29, 0.717) is 12.2 Å². The average Bonchev–Trinajstić information content (AvgIpc) is 2.82. The third-order valence-electron chi connectivity index (χ3n) is 2.58. The molecule has 2 N–H and O–H groups in total. The van der Waals surface area contributed by atoms with E-state index in [1.807, 2.05) is 35.9 Å². The van der Waals surface area contributed by atoms with Crippen LogP contribution in [0.3, 0.4) is 0 Å². The lowest BCUT2D eigenvalue weighted by Gasteiger charge is -1.99. The van der Waals surface area contributed by atoms with E-state index in [1.54, 1.807) is 13.3 Å². The van der Waals surface area contributed by atoms with Crippen LogP contribution in [-0.4, -0.2) is 24.4 Å². The first-order chi connectivity index (χ1) is 9.22. The summed E-state index contributed by atoms with van der Waals surface area (Å²) in [5.74, 6) is 0.830. The Bertz CT molecular complexity index is 520. The Morgan fingerprint density at radius 2 is 1.95 bits per heavy atom. The number of nitrogens with one attached hydrogen (secondary N) is 1. The fourth-order valence-electron chi connectivity index (χ4n) is 1.65. The molecule has 0 atom stereocenters. The van der Waals surface area contributed by atoms with E-state index < -0.39 is 0 Å².